The first-order chi connectivity index (χ1) is 28.8. The van der Waals surface area contributed by atoms with Crippen LogP contribution in [0.3, 0.4) is 0 Å². The first-order valence-corrected chi connectivity index (χ1v) is 21.5. The lowest BCUT2D eigenvalue weighted by Gasteiger charge is -2.42. The number of hydrogen-bond donors (Lipinski definition) is 2. The summed E-state index contributed by atoms with van der Waals surface area (Å²) in [5.74, 6) is -0.937. The number of fused-ring (bicyclic) bond motifs is 1. The number of nitrogens with two attached hydrogens (primary N) is 1. The summed E-state index contributed by atoms with van der Waals surface area (Å²) in [6.45, 7) is 7.14. The second-order valence-corrected chi connectivity index (χ2v) is 16.8. The van der Waals surface area contributed by atoms with Crippen LogP contribution >= 0.6 is 11.6 Å². The van der Waals surface area contributed by atoms with E-state index in [4.69, 9.17) is 31.5 Å². The molecule has 0 spiro atoms. The Morgan fingerprint density at radius 2 is 1.62 bits per heavy atom. The first kappa shape index (κ1) is 43.8. The molecule has 0 saturated carbocycles. The molecule has 4 saturated heterocycles. The third kappa shape index (κ3) is 10.8. The lowest BCUT2D eigenvalue weighted by molar-refractivity contribution is -0.151. The van der Waals surface area contributed by atoms with Crippen molar-refractivity contribution in [1.29, 1.82) is 0 Å². The van der Waals surface area contributed by atoms with Crippen LogP contribution in [0, 0.1) is 5.92 Å². The molecule has 3 N–H and O–H groups in total. The van der Waals surface area contributed by atoms with E-state index in [1.165, 1.54) is 11.0 Å². The largest absolute Gasteiger partial charge is 0.464 e. The van der Waals surface area contributed by atoms with Crippen LogP contribution in [0.1, 0.15) is 55.2 Å². The highest BCUT2D eigenvalue weighted by Gasteiger charge is 2.39. The van der Waals surface area contributed by atoms with Crippen molar-refractivity contribution in [1.82, 2.24) is 24.5 Å². The minimum absolute atomic E-state index is 0.0469. The number of urea groups is 1. The number of ether oxygens (including phenoxy) is 3. The normalized spacial score (nSPS) is 22.1. The average Bonchev–Trinajstić information content (AvgIpc) is 3.42. The molecule has 18 heteroatoms. The standard InChI is InChI=1S/C42H55ClF3N7O7/c43-34-25-28(24-33(37(34)47)42(44,45)46)26-36(60-41(57)51-15-10-32(11-16-51)53-17-7-29-4-1-2-6-35(29)48-40(53)56)38(54)50-13-8-31(9-14-50)52-12-3-5-30(27-52)39(55)59-23-20-49-18-21-58-22-19-49/h1-2,4,6,24-25,30-32,36H,3,5,7-23,26-27,47H2,(H,48,56)/t30-,36-/m1/s1. The third-order valence-corrected chi connectivity index (χ3v) is 12.9. The number of amides is 4. The summed E-state index contributed by atoms with van der Waals surface area (Å²) in [4.78, 5) is 63.5. The minimum atomic E-state index is -4.80. The van der Waals surface area contributed by atoms with Gasteiger partial charge in [0.2, 0.25) is 0 Å². The second kappa shape index (κ2) is 19.6. The number of alkyl halides is 3. The van der Waals surface area contributed by atoms with E-state index in [0.29, 0.717) is 84.6 Å². The summed E-state index contributed by atoms with van der Waals surface area (Å²) in [6, 6.07) is 9.57. The molecule has 0 radical (unpaired) electrons. The van der Waals surface area contributed by atoms with Crippen LogP contribution < -0.4 is 11.1 Å². The fraction of sp³-hybridized carbons (Fsp3) is 0.619. The number of nitrogen functional groups attached to an aromatic ring is 1. The molecule has 60 heavy (non-hydrogen) atoms. The Morgan fingerprint density at radius 1 is 0.917 bits per heavy atom. The lowest BCUT2D eigenvalue weighted by Crippen LogP contribution is -2.53. The van der Waals surface area contributed by atoms with Crippen LogP contribution in [0.15, 0.2) is 36.4 Å². The monoisotopic (exact) mass is 861 g/mol. The van der Waals surface area contributed by atoms with Gasteiger partial charge in [0.1, 0.15) is 6.61 Å². The number of benzene rings is 2. The van der Waals surface area contributed by atoms with Crippen LogP contribution in [-0.2, 0) is 42.8 Å². The number of piperidine rings is 3. The quantitative estimate of drug-likeness (QED) is 0.244. The van der Waals surface area contributed by atoms with Crippen molar-refractivity contribution in [3.8, 4) is 0 Å². The molecule has 2 atom stereocenters. The summed E-state index contributed by atoms with van der Waals surface area (Å²) in [7, 11) is 0. The third-order valence-electron chi connectivity index (χ3n) is 12.6. The smallest absolute Gasteiger partial charge is 0.418 e. The van der Waals surface area contributed by atoms with Crippen molar-refractivity contribution in [3.63, 3.8) is 0 Å². The number of carbonyl (C=O) groups excluding carboxylic acids is 4. The van der Waals surface area contributed by atoms with Crippen LogP contribution in [0.2, 0.25) is 5.02 Å². The molecule has 5 aliphatic rings. The maximum atomic E-state index is 14.2. The van der Waals surface area contributed by atoms with E-state index in [-0.39, 0.29) is 60.1 Å². The molecule has 0 bridgehead atoms. The van der Waals surface area contributed by atoms with Gasteiger partial charge in [0.25, 0.3) is 5.91 Å². The zero-order chi connectivity index (χ0) is 42.4. The molecule has 4 fully saturated rings. The fourth-order valence-corrected chi connectivity index (χ4v) is 9.36. The maximum absolute atomic E-state index is 14.2. The highest BCUT2D eigenvalue weighted by atomic mass is 35.5. The average molecular weight is 862 g/mol. The predicted octanol–water partition coefficient (Wildman–Crippen LogP) is 5.12. The molecule has 7 rings (SSSR count). The van der Waals surface area contributed by atoms with E-state index in [2.05, 4.69) is 15.1 Å². The van der Waals surface area contributed by atoms with E-state index in [9.17, 15) is 32.3 Å². The molecule has 0 aliphatic carbocycles. The number of rotatable bonds is 10. The Hall–Kier alpha value is -4.32. The number of esters is 1. The van der Waals surface area contributed by atoms with Crippen LogP contribution in [0.5, 0.6) is 0 Å². The van der Waals surface area contributed by atoms with Crippen molar-refractivity contribution < 1.29 is 46.6 Å². The van der Waals surface area contributed by atoms with Gasteiger partial charge in [0.15, 0.2) is 6.10 Å². The van der Waals surface area contributed by atoms with Gasteiger partial charge in [0, 0.05) is 83.1 Å². The molecule has 0 aromatic heterocycles. The molecule has 5 aliphatic heterocycles. The number of hydrogen-bond acceptors (Lipinski definition) is 10. The zero-order valence-electron chi connectivity index (χ0n) is 33.8. The van der Waals surface area contributed by atoms with Gasteiger partial charge in [-0.15, -0.1) is 0 Å². The van der Waals surface area contributed by atoms with Gasteiger partial charge >= 0.3 is 24.3 Å². The number of halogens is 4. The highest BCUT2D eigenvalue weighted by molar-refractivity contribution is 6.33. The van der Waals surface area contributed by atoms with Gasteiger partial charge in [-0.05, 0) is 80.8 Å². The maximum Gasteiger partial charge on any atom is 0.418 e. The van der Waals surface area contributed by atoms with Crippen molar-refractivity contribution >= 4 is 47.0 Å². The van der Waals surface area contributed by atoms with E-state index in [1.54, 1.807) is 9.80 Å². The molecular formula is C42H55ClF3N7O7. The van der Waals surface area contributed by atoms with E-state index in [1.807, 2.05) is 24.3 Å². The molecule has 2 aromatic carbocycles. The predicted molar refractivity (Wildman–Crippen MR) is 217 cm³/mol. The number of nitrogens with one attached hydrogen (secondary N) is 1. The van der Waals surface area contributed by atoms with Crippen LogP contribution in [-0.4, -0.2) is 152 Å². The zero-order valence-corrected chi connectivity index (χ0v) is 34.6. The van der Waals surface area contributed by atoms with Gasteiger partial charge in [-0.2, -0.15) is 13.2 Å². The van der Waals surface area contributed by atoms with Crippen molar-refractivity contribution in [2.45, 2.75) is 75.7 Å². The van der Waals surface area contributed by atoms with Crippen molar-refractivity contribution in [2.24, 2.45) is 5.92 Å². The summed E-state index contributed by atoms with van der Waals surface area (Å²) >= 11 is 6.16. The number of anilines is 2. The Balaban J connectivity index is 0.962. The van der Waals surface area contributed by atoms with Crippen molar-refractivity contribution in [3.05, 3.63) is 58.1 Å². The van der Waals surface area contributed by atoms with E-state index >= 15 is 0 Å². The summed E-state index contributed by atoms with van der Waals surface area (Å²) in [6.07, 6.45) is -2.87. The summed E-state index contributed by atoms with van der Waals surface area (Å²) in [5.41, 5.74) is 5.81. The SMILES string of the molecule is Nc1c(Cl)cc(C[C@@H](OC(=O)N2CCC(N3CCc4ccccc4NC3=O)CC2)C(=O)N2CCC(N3CCC[C@@H](C(=O)OCCN4CCOCC4)C3)CC2)cc1C(F)(F)F. The lowest BCUT2D eigenvalue weighted by atomic mass is 9.93. The number of nitrogens with zero attached hydrogens (tertiary/aromatic N) is 5. The summed E-state index contributed by atoms with van der Waals surface area (Å²) in [5, 5.41) is 2.67. The number of morpholine rings is 1. The number of carbonyl (C=O) groups is 4. The fourth-order valence-electron chi connectivity index (χ4n) is 9.12. The Kier molecular flexibility index (Phi) is 14.3. The molecular weight excluding hydrogens is 807 g/mol. The first-order valence-electron chi connectivity index (χ1n) is 21.1. The Morgan fingerprint density at radius 3 is 2.35 bits per heavy atom. The molecule has 14 nitrogen and oxygen atoms in total. The van der Waals surface area contributed by atoms with Gasteiger partial charge in [-0.1, -0.05) is 29.8 Å². The molecule has 328 valence electrons. The molecule has 0 unspecified atom stereocenters. The van der Waals surface area contributed by atoms with Gasteiger partial charge in [0.05, 0.1) is 35.4 Å². The Labute approximate surface area is 353 Å². The summed E-state index contributed by atoms with van der Waals surface area (Å²) < 4.78 is 58.8. The molecule has 5 heterocycles. The van der Waals surface area contributed by atoms with E-state index < -0.39 is 35.5 Å². The van der Waals surface area contributed by atoms with Crippen LogP contribution in [0.4, 0.5) is 34.1 Å². The number of likely N-dealkylation sites (tertiary alicyclic amines) is 3. The van der Waals surface area contributed by atoms with Crippen LogP contribution in [0.25, 0.3) is 0 Å². The Bertz CT molecular complexity index is 1850. The molecule has 2 aromatic rings. The number of para-hydroxylation sites is 1. The molecule has 4 amide bonds. The van der Waals surface area contributed by atoms with Crippen molar-refractivity contribution in [2.75, 3.05) is 96.3 Å². The highest BCUT2D eigenvalue weighted by Crippen LogP contribution is 2.38. The topological polar surface area (TPSA) is 150 Å². The van der Waals surface area contributed by atoms with Gasteiger partial charge < -0.3 is 40.0 Å². The minimum Gasteiger partial charge on any atom is -0.464 e. The van der Waals surface area contributed by atoms with Gasteiger partial charge in [-0.25, -0.2) is 9.59 Å². The van der Waals surface area contributed by atoms with E-state index in [0.717, 1.165) is 49.8 Å². The second-order valence-electron chi connectivity index (χ2n) is 16.4. The van der Waals surface area contributed by atoms with Gasteiger partial charge in [-0.3, -0.25) is 19.4 Å².